The topological polar surface area (TPSA) is 110 Å². The third-order valence-corrected chi connectivity index (χ3v) is 6.30. The number of carbonyl (C=O) groups is 3. The Hall–Kier alpha value is -3.55. The van der Waals surface area contributed by atoms with Crippen molar-refractivity contribution in [2.45, 2.75) is 51.1 Å². The van der Waals surface area contributed by atoms with Gasteiger partial charge in [0.05, 0.1) is 16.1 Å². The lowest BCUT2D eigenvalue weighted by Crippen LogP contribution is -2.53. The minimum atomic E-state index is -1.04. The molecular formula is C24H25N3O5. The summed E-state index contributed by atoms with van der Waals surface area (Å²) in [5, 5.41) is 14.0. The number of nitro groups is 1. The van der Waals surface area contributed by atoms with E-state index in [1.54, 1.807) is 36.4 Å². The van der Waals surface area contributed by atoms with Crippen molar-refractivity contribution in [3.63, 3.8) is 0 Å². The fourth-order valence-electron chi connectivity index (χ4n) is 4.63. The number of benzene rings is 2. The van der Waals surface area contributed by atoms with Gasteiger partial charge in [-0.25, -0.2) is 0 Å². The zero-order valence-electron chi connectivity index (χ0n) is 17.8. The number of rotatable bonds is 6. The standard InChI is InChI=1S/C24H25N3O5/c1-15-5-4-6-17(13-15)25-22(28)21(14-16-9-11-18(12-10-16)27(31)32)26-23(29)19-7-2-3-8-20(19)24(26)30/h2-3,7-12,15,17,21H,4-6,13-14H2,1H3,(H,25,28)/t15-,17+,21+/m1/s1. The molecule has 0 unspecified atom stereocenters. The summed E-state index contributed by atoms with van der Waals surface area (Å²) in [6, 6.07) is 11.3. The van der Waals surface area contributed by atoms with Crippen molar-refractivity contribution in [2.24, 2.45) is 5.92 Å². The quantitative estimate of drug-likeness (QED) is 0.424. The number of fused-ring (bicyclic) bond motifs is 1. The van der Waals surface area contributed by atoms with Gasteiger partial charge in [-0.15, -0.1) is 0 Å². The number of amides is 3. The summed E-state index contributed by atoms with van der Waals surface area (Å²) in [6.45, 7) is 2.15. The molecule has 3 atom stereocenters. The maximum atomic E-state index is 13.4. The zero-order valence-corrected chi connectivity index (χ0v) is 17.8. The Morgan fingerprint density at radius 2 is 1.72 bits per heavy atom. The largest absolute Gasteiger partial charge is 0.352 e. The van der Waals surface area contributed by atoms with Gasteiger partial charge in [-0.05, 0) is 36.5 Å². The van der Waals surface area contributed by atoms with Gasteiger partial charge in [0.15, 0.2) is 0 Å². The highest BCUT2D eigenvalue weighted by atomic mass is 16.6. The highest BCUT2D eigenvalue weighted by molar-refractivity contribution is 6.22. The number of hydrogen-bond donors (Lipinski definition) is 1. The lowest BCUT2D eigenvalue weighted by atomic mass is 9.87. The molecule has 1 aliphatic heterocycles. The lowest BCUT2D eigenvalue weighted by molar-refractivity contribution is -0.384. The molecule has 8 nitrogen and oxygen atoms in total. The lowest BCUT2D eigenvalue weighted by Gasteiger charge is -2.31. The van der Waals surface area contributed by atoms with E-state index in [4.69, 9.17) is 0 Å². The molecule has 1 N–H and O–H groups in total. The normalized spacial score (nSPS) is 21.2. The Morgan fingerprint density at radius 3 is 2.28 bits per heavy atom. The molecule has 3 amide bonds. The molecule has 0 aromatic heterocycles. The van der Waals surface area contributed by atoms with Crippen molar-refractivity contribution in [1.82, 2.24) is 10.2 Å². The van der Waals surface area contributed by atoms with E-state index in [-0.39, 0.29) is 35.2 Å². The number of nitro benzene ring substituents is 1. The Bertz CT molecular complexity index is 1030. The van der Waals surface area contributed by atoms with Crippen LogP contribution in [0.2, 0.25) is 0 Å². The number of nitrogens with zero attached hydrogens (tertiary/aromatic N) is 2. The van der Waals surface area contributed by atoms with Crippen LogP contribution in [0.5, 0.6) is 0 Å². The predicted molar refractivity (Wildman–Crippen MR) is 117 cm³/mol. The molecule has 2 aromatic carbocycles. The van der Waals surface area contributed by atoms with E-state index in [2.05, 4.69) is 12.2 Å². The summed E-state index contributed by atoms with van der Waals surface area (Å²) < 4.78 is 0. The second kappa shape index (κ2) is 8.90. The van der Waals surface area contributed by atoms with Crippen LogP contribution in [-0.2, 0) is 11.2 Å². The molecular weight excluding hydrogens is 410 g/mol. The van der Waals surface area contributed by atoms with Crippen molar-refractivity contribution in [3.05, 3.63) is 75.3 Å². The van der Waals surface area contributed by atoms with Crippen LogP contribution < -0.4 is 5.32 Å². The van der Waals surface area contributed by atoms with Crippen LogP contribution in [0.1, 0.15) is 58.9 Å². The van der Waals surface area contributed by atoms with Gasteiger partial charge >= 0.3 is 0 Å². The van der Waals surface area contributed by atoms with E-state index >= 15 is 0 Å². The van der Waals surface area contributed by atoms with Crippen molar-refractivity contribution in [1.29, 1.82) is 0 Å². The first-order valence-corrected chi connectivity index (χ1v) is 10.9. The zero-order chi connectivity index (χ0) is 22.8. The van der Waals surface area contributed by atoms with Crippen molar-refractivity contribution in [3.8, 4) is 0 Å². The number of imide groups is 1. The van der Waals surface area contributed by atoms with Gasteiger partial charge in [-0.2, -0.15) is 0 Å². The summed E-state index contributed by atoms with van der Waals surface area (Å²) >= 11 is 0. The Labute approximate surface area is 185 Å². The Balaban J connectivity index is 1.62. The summed E-state index contributed by atoms with van der Waals surface area (Å²) in [5.41, 5.74) is 1.13. The third kappa shape index (κ3) is 4.26. The molecule has 1 aliphatic carbocycles. The smallest absolute Gasteiger partial charge is 0.269 e. The minimum absolute atomic E-state index is 0.000734. The summed E-state index contributed by atoms with van der Waals surface area (Å²) in [6.07, 6.45) is 3.95. The third-order valence-electron chi connectivity index (χ3n) is 6.30. The van der Waals surface area contributed by atoms with E-state index in [1.807, 2.05) is 0 Å². The minimum Gasteiger partial charge on any atom is -0.352 e. The van der Waals surface area contributed by atoms with Gasteiger partial charge in [0.25, 0.3) is 17.5 Å². The molecule has 0 saturated heterocycles. The second-order valence-corrected chi connectivity index (χ2v) is 8.65. The monoisotopic (exact) mass is 435 g/mol. The van der Waals surface area contributed by atoms with Crippen molar-refractivity contribution >= 4 is 23.4 Å². The molecule has 0 spiro atoms. The van der Waals surface area contributed by atoms with Gasteiger partial charge in [0, 0.05) is 24.6 Å². The first kappa shape index (κ1) is 21.7. The average Bonchev–Trinajstić information content (AvgIpc) is 3.03. The van der Waals surface area contributed by atoms with Gasteiger partial charge < -0.3 is 5.32 Å². The first-order valence-electron chi connectivity index (χ1n) is 10.9. The van der Waals surface area contributed by atoms with Gasteiger partial charge in [0.1, 0.15) is 6.04 Å². The average molecular weight is 435 g/mol. The van der Waals surface area contributed by atoms with E-state index in [0.29, 0.717) is 11.5 Å². The summed E-state index contributed by atoms with van der Waals surface area (Å²) in [7, 11) is 0. The number of hydrogen-bond acceptors (Lipinski definition) is 5. The van der Waals surface area contributed by atoms with Crippen LogP contribution in [0.15, 0.2) is 48.5 Å². The first-order chi connectivity index (χ1) is 15.3. The second-order valence-electron chi connectivity index (χ2n) is 8.65. The molecule has 1 heterocycles. The maximum absolute atomic E-state index is 13.4. The van der Waals surface area contributed by atoms with Crippen LogP contribution >= 0.6 is 0 Å². The Morgan fingerprint density at radius 1 is 1.09 bits per heavy atom. The number of non-ortho nitro benzene ring substituents is 1. The molecule has 8 heteroatoms. The molecule has 2 aromatic rings. The summed E-state index contributed by atoms with van der Waals surface area (Å²) in [4.78, 5) is 51.0. The van der Waals surface area contributed by atoms with E-state index in [1.165, 1.54) is 12.1 Å². The maximum Gasteiger partial charge on any atom is 0.269 e. The molecule has 0 radical (unpaired) electrons. The molecule has 32 heavy (non-hydrogen) atoms. The molecule has 4 rings (SSSR count). The highest BCUT2D eigenvalue weighted by Crippen LogP contribution is 2.28. The SMILES string of the molecule is C[C@@H]1CCC[C@H](NC(=O)[C@H](Cc2ccc([N+](=O)[O-])cc2)N2C(=O)c3ccccc3C2=O)C1. The van der Waals surface area contributed by atoms with Gasteiger partial charge in [-0.3, -0.25) is 29.4 Å². The fourth-order valence-corrected chi connectivity index (χ4v) is 4.63. The van der Waals surface area contributed by atoms with Crippen LogP contribution in [0, 0.1) is 16.0 Å². The van der Waals surface area contributed by atoms with Crippen LogP contribution in [-0.4, -0.2) is 39.6 Å². The fraction of sp³-hybridized carbons (Fsp3) is 0.375. The van der Waals surface area contributed by atoms with E-state index in [0.717, 1.165) is 30.6 Å². The molecule has 2 aliphatic rings. The van der Waals surface area contributed by atoms with Gasteiger partial charge in [-0.1, -0.05) is 44.0 Å². The number of carbonyl (C=O) groups excluding carboxylic acids is 3. The Kier molecular flexibility index (Phi) is 6.03. The van der Waals surface area contributed by atoms with Crippen LogP contribution in [0.4, 0.5) is 5.69 Å². The highest BCUT2D eigenvalue weighted by Gasteiger charge is 2.43. The van der Waals surface area contributed by atoms with E-state index < -0.39 is 22.8 Å². The van der Waals surface area contributed by atoms with Crippen molar-refractivity contribution < 1.29 is 19.3 Å². The molecule has 1 fully saturated rings. The van der Waals surface area contributed by atoms with Crippen LogP contribution in [0.25, 0.3) is 0 Å². The summed E-state index contributed by atoms with van der Waals surface area (Å²) in [5.74, 6) is -0.868. The molecule has 166 valence electrons. The van der Waals surface area contributed by atoms with Crippen LogP contribution in [0.3, 0.4) is 0 Å². The van der Waals surface area contributed by atoms with E-state index in [9.17, 15) is 24.5 Å². The van der Waals surface area contributed by atoms with Gasteiger partial charge in [0.2, 0.25) is 5.91 Å². The molecule has 0 bridgehead atoms. The number of nitrogens with one attached hydrogen (secondary N) is 1. The molecule has 1 saturated carbocycles. The predicted octanol–water partition coefficient (Wildman–Crippen LogP) is 3.50. The van der Waals surface area contributed by atoms with Crippen molar-refractivity contribution in [2.75, 3.05) is 0 Å².